The molecular weight excluding hydrogens is 226 g/mol. The number of benzene rings is 1. The molecular formula is C15H19NO2. The number of aromatic nitrogens is 1. The second kappa shape index (κ2) is 5.85. The Balaban J connectivity index is 2.06. The molecule has 2 N–H and O–H groups in total. The number of aliphatic hydroxyl groups is 2. The number of aliphatic hydroxyl groups excluding tert-OH is 2. The van der Waals surface area contributed by atoms with Crippen LogP contribution >= 0.6 is 0 Å². The Hall–Kier alpha value is -1.58. The van der Waals surface area contributed by atoms with Crippen LogP contribution in [0.1, 0.15) is 36.1 Å². The van der Waals surface area contributed by atoms with Gasteiger partial charge in [0, 0.05) is 18.9 Å². The number of hydrogen-bond donors (Lipinski definition) is 2. The Morgan fingerprint density at radius 3 is 2.39 bits per heavy atom. The summed E-state index contributed by atoms with van der Waals surface area (Å²) in [6, 6.07) is 9.85. The van der Waals surface area contributed by atoms with Gasteiger partial charge in [0.1, 0.15) is 0 Å². The average molecular weight is 245 g/mol. The SMILES string of the molecule is CCC(O)c1ccn(Cc2ccc(CO)cc2)c1. The maximum atomic E-state index is 9.74. The van der Waals surface area contributed by atoms with Crippen LogP contribution in [-0.2, 0) is 13.2 Å². The van der Waals surface area contributed by atoms with Crippen molar-refractivity contribution < 1.29 is 10.2 Å². The van der Waals surface area contributed by atoms with Gasteiger partial charge in [0.25, 0.3) is 0 Å². The van der Waals surface area contributed by atoms with Crippen LogP contribution in [0.15, 0.2) is 42.7 Å². The first-order valence-electron chi connectivity index (χ1n) is 6.25. The summed E-state index contributed by atoms with van der Waals surface area (Å²) in [5.74, 6) is 0. The van der Waals surface area contributed by atoms with E-state index in [-0.39, 0.29) is 12.7 Å². The van der Waals surface area contributed by atoms with E-state index in [1.807, 2.05) is 49.6 Å². The Kier molecular flexibility index (Phi) is 4.18. The van der Waals surface area contributed by atoms with Crippen LogP contribution in [0, 0.1) is 0 Å². The van der Waals surface area contributed by atoms with Gasteiger partial charge in [-0.2, -0.15) is 0 Å². The van der Waals surface area contributed by atoms with Crippen LogP contribution in [-0.4, -0.2) is 14.8 Å². The highest BCUT2D eigenvalue weighted by molar-refractivity contribution is 5.23. The molecule has 3 nitrogen and oxygen atoms in total. The summed E-state index contributed by atoms with van der Waals surface area (Å²) in [5, 5.41) is 18.7. The van der Waals surface area contributed by atoms with Crippen molar-refractivity contribution in [1.29, 1.82) is 0 Å². The minimum absolute atomic E-state index is 0.0800. The lowest BCUT2D eigenvalue weighted by Gasteiger charge is -2.06. The summed E-state index contributed by atoms with van der Waals surface area (Å²) < 4.78 is 2.06. The zero-order valence-corrected chi connectivity index (χ0v) is 10.6. The summed E-state index contributed by atoms with van der Waals surface area (Å²) in [6.45, 7) is 2.83. The molecule has 0 saturated carbocycles. The van der Waals surface area contributed by atoms with Crippen molar-refractivity contribution in [3.8, 4) is 0 Å². The molecule has 1 heterocycles. The van der Waals surface area contributed by atoms with Gasteiger partial charge in [-0.1, -0.05) is 31.2 Å². The Morgan fingerprint density at radius 2 is 1.78 bits per heavy atom. The van der Waals surface area contributed by atoms with Crippen LogP contribution in [0.3, 0.4) is 0 Å². The van der Waals surface area contributed by atoms with Gasteiger partial charge in [0.2, 0.25) is 0 Å². The van der Waals surface area contributed by atoms with Crippen molar-refractivity contribution in [3.63, 3.8) is 0 Å². The fraction of sp³-hybridized carbons (Fsp3) is 0.333. The van der Waals surface area contributed by atoms with Crippen molar-refractivity contribution in [2.45, 2.75) is 32.6 Å². The van der Waals surface area contributed by atoms with Gasteiger partial charge in [0.05, 0.1) is 12.7 Å². The van der Waals surface area contributed by atoms with E-state index in [1.54, 1.807) is 0 Å². The smallest absolute Gasteiger partial charge is 0.0802 e. The third kappa shape index (κ3) is 3.00. The molecule has 0 amide bonds. The van der Waals surface area contributed by atoms with Gasteiger partial charge in [-0.3, -0.25) is 0 Å². The first-order valence-corrected chi connectivity index (χ1v) is 6.25. The molecule has 0 radical (unpaired) electrons. The Bertz CT molecular complexity index is 487. The minimum atomic E-state index is -0.372. The highest BCUT2D eigenvalue weighted by atomic mass is 16.3. The van der Waals surface area contributed by atoms with E-state index in [0.29, 0.717) is 0 Å². The first-order chi connectivity index (χ1) is 8.72. The highest BCUT2D eigenvalue weighted by Gasteiger charge is 2.06. The quantitative estimate of drug-likeness (QED) is 0.850. The maximum Gasteiger partial charge on any atom is 0.0802 e. The predicted molar refractivity (Wildman–Crippen MR) is 71.1 cm³/mol. The average Bonchev–Trinajstić information content (AvgIpc) is 2.87. The van der Waals surface area contributed by atoms with E-state index >= 15 is 0 Å². The van der Waals surface area contributed by atoms with Crippen LogP contribution in [0.4, 0.5) is 0 Å². The second-order valence-electron chi connectivity index (χ2n) is 4.52. The van der Waals surface area contributed by atoms with Crippen molar-refractivity contribution in [2.24, 2.45) is 0 Å². The van der Waals surface area contributed by atoms with Crippen molar-refractivity contribution in [1.82, 2.24) is 4.57 Å². The zero-order chi connectivity index (χ0) is 13.0. The molecule has 1 aromatic carbocycles. The first kappa shape index (κ1) is 12.9. The number of hydrogen-bond acceptors (Lipinski definition) is 2. The summed E-state index contributed by atoms with van der Waals surface area (Å²) in [6.07, 6.45) is 4.32. The molecule has 0 saturated heterocycles. The molecule has 1 aromatic heterocycles. The normalized spacial score (nSPS) is 12.6. The van der Waals surface area contributed by atoms with Crippen LogP contribution < -0.4 is 0 Å². The topological polar surface area (TPSA) is 45.4 Å². The molecule has 18 heavy (non-hydrogen) atoms. The molecule has 2 aromatic rings. The molecule has 0 fully saturated rings. The van der Waals surface area contributed by atoms with Gasteiger partial charge < -0.3 is 14.8 Å². The van der Waals surface area contributed by atoms with Crippen molar-refractivity contribution >= 4 is 0 Å². The van der Waals surface area contributed by atoms with Crippen molar-refractivity contribution in [2.75, 3.05) is 0 Å². The minimum Gasteiger partial charge on any atom is -0.392 e. The van der Waals surface area contributed by atoms with Crippen molar-refractivity contribution in [3.05, 3.63) is 59.4 Å². The largest absolute Gasteiger partial charge is 0.392 e. The van der Waals surface area contributed by atoms with Gasteiger partial charge in [-0.05, 0) is 29.2 Å². The maximum absolute atomic E-state index is 9.74. The lowest BCUT2D eigenvalue weighted by molar-refractivity contribution is 0.173. The zero-order valence-electron chi connectivity index (χ0n) is 10.6. The van der Waals surface area contributed by atoms with Crippen LogP contribution in [0.25, 0.3) is 0 Å². The molecule has 1 unspecified atom stereocenters. The van der Waals surface area contributed by atoms with E-state index in [4.69, 9.17) is 5.11 Å². The van der Waals surface area contributed by atoms with Crippen LogP contribution in [0.5, 0.6) is 0 Å². The summed E-state index contributed by atoms with van der Waals surface area (Å²) >= 11 is 0. The van der Waals surface area contributed by atoms with E-state index < -0.39 is 0 Å². The summed E-state index contributed by atoms with van der Waals surface area (Å²) in [4.78, 5) is 0. The van der Waals surface area contributed by atoms with Gasteiger partial charge in [-0.15, -0.1) is 0 Å². The molecule has 1 atom stereocenters. The molecule has 0 spiro atoms. The fourth-order valence-corrected chi connectivity index (χ4v) is 1.95. The second-order valence-corrected chi connectivity index (χ2v) is 4.52. The fourth-order valence-electron chi connectivity index (χ4n) is 1.95. The lowest BCUT2D eigenvalue weighted by Crippen LogP contribution is -1.98. The third-order valence-corrected chi connectivity index (χ3v) is 3.12. The Labute approximate surface area is 107 Å². The van der Waals surface area contributed by atoms with Gasteiger partial charge >= 0.3 is 0 Å². The third-order valence-electron chi connectivity index (χ3n) is 3.12. The summed E-state index contributed by atoms with van der Waals surface area (Å²) in [7, 11) is 0. The van der Waals surface area contributed by atoms with E-state index in [1.165, 1.54) is 5.56 Å². The van der Waals surface area contributed by atoms with E-state index in [0.717, 1.165) is 24.1 Å². The molecule has 0 aliphatic carbocycles. The Morgan fingerprint density at radius 1 is 1.11 bits per heavy atom. The monoisotopic (exact) mass is 245 g/mol. The molecule has 3 heteroatoms. The lowest BCUT2D eigenvalue weighted by atomic mass is 10.1. The van der Waals surface area contributed by atoms with Gasteiger partial charge in [0.15, 0.2) is 0 Å². The van der Waals surface area contributed by atoms with Gasteiger partial charge in [-0.25, -0.2) is 0 Å². The van der Waals surface area contributed by atoms with E-state index in [2.05, 4.69) is 4.57 Å². The number of nitrogens with zero attached hydrogens (tertiary/aromatic N) is 1. The highest BCUT2D eigenvalue weighted by Crippen LogP contribution is 2.17. The summed E-state index contributed by atoms with van der Waals surface area (Å²) in [5.41, 5.74) is 3.07. The molecule has 0 aliphatic rings. The molecule has 0 aliphatic heterocycles. The molecule has 0 bridgehead atoms. The standard InChI is InChI=1S/C15H19NO2/c1-2-15(18)14-7-8-16(10-14)9-12-3-5-13(11-17)6-4-12/h3-8,10,15,17-18H,2,9,11H2,1H3. The number of rotatable bonds is 5. The molecule has 96 valence electrons. The predicted octanol–water partition coefficient (Wildman–Crippen LogP) is 2.47. The van der Waals surface area contributed by atoms with E-state index in [9.17, 15) is 5.11 Å². The van der Waals surface area contributed by atoms with Crippen LogP contribution in [0.2, 0.25) is 0 Å². The molecule has 2 rings (SSSR count).